The van der Waals surface area contributed by atoms with Crippen LogP contribution in [0.25, 0.3) is 0 Å². The number of likely N-dealkylation sites (N-methyl/N-ethyl adjacent to an activating group) is 1. The fourth-order valence-electron chi connectivity index (χ4n) is 3.79. The van der Waals surface area contributed by atoms with Crippen LogP contribution in [0.4, 0.5) is 4.79 Å². The number of imide groups is 1. The molecule has 3 atom stereocenters. The molecule has 2 saturated heterocycles. The van der Waals surface area contributed by atoms with Crippen molar-refractivity contribution in [1.29, 1.82) is 0 Å². The zero-order valence-corrected chi connectivity index (χ0v) is 18.9. The minimum atomic E-state index is -0.876. The van der Waals surface area contributed by atoms with E-state index in [9.17, 15) is 14.7 Å². The van der Waals surface area contributed by atoms with E-state index >= 15 is 0 Å². The Kier molecular flexibility index (Phi) is 8.15. The number of hydrogen-bond donors (Lipinski definition) is 3. The molecule has 2 aliphatic rings. The molecule has 32 heavy (non-hydrogen) atoms. The number of aliphatic hydroxyl groups excluding tert-OH is 1. The summed E-state index contributed by atoms with van der Waals surface area (Å²) in [5, 5.41) is 16.2. The van der Waals surface area contributed by atoms with Gasteiger partial charge in [-0.05, 0) is 30.7 Å². The van der Waals surface area contributed by atoms with Gasteiger partial charge in [0.2, 0.25) is 0 Å². The monoisotopic (exact) mass is 447 g/mol. The second-order valence-electron chi connectivity index (χ2n) is 8.00. The van der Waals surface area contributed by atoms with E-state index in [2.05, 4.69) is 22.5 Å². The summed E-state index contributed by atoms with van der Waals surface area (Å²) < 4.78 is 10.8. The standard InChI is InChI=1S/C22H33N5O5/c1-4-5-6-7-12-23-21-24-19-18(20(29)25-22(30)26(19)2)27(21)13-15(28)14-32-17-10-8-16(31-3)9-11-17/h8-11,15,18-19,28H,4-7,12-14H2,1-3H3,(H,23,24)(H,25,29,30). The van der Waals surface area contributed by atoms with Gasteiger partial charge in [0.1, 0.15) is 30.4 Å². The minimum absolute atomic E-state index is 0.0420. The number of urea groups is 1. The molecule has 10 nitrogen and oxygen atoms in total. The molecule has 2 aliphatic heterocycles. The number of hydrogen-bond acceptors (Lipinski definition) is 6. The highest BCUT2D eigenvalue weighted by atomic mass is 16.5. The summed E-state index contributed by atoms with van der Waals surface area (Å²) in [5.74, 6) is 1.42. The summed E-state index contributed by atoms with van der Waals surface area (Å²) >= 11 is 0. The number of aliphatic imine (C=N–C) groups is 1. The first-order valence-electron chi connectivity index (χ1n) is 11.0. The van der Waals surface area contributed by atoms with Crippen molar-refractivity contribution in [2.24, 2.45) is 4.99 Å². The van der Waals surface area contributed by atoms with Crippen LogP contribution in [0.5, 0.6) is 11.5 Å². The molecule has 0 bridgehead atoms. The van der Waals surface area contributed by atoms with Crippen LogP contribution in [0, 0.1) is 0 Å². The number of benzene rings is 1. The van der Waals surface area contributed by atoms with Crippen molar-refractivity contribution in [2.75, 3.05) is 33.9 Å². The van der Waals surface area contributed by atoms with Gasteiger partial charge >= 0.3 is 6.03 Å². The third-order valence-corrected chi connectivity index (χ3v) is 5.60. The van der Waals surface area contributed by atoms with E-state index in [0.717, 1.165) is 25.7 Å². The van der Waals surface area contributed by atoms with Gasteiger partial charge in [0.25, 0.3) is 5.91 Å². The first-order valence-corrected chi connectivity index (χ1v) is 11.0. The van der Waals surface area contributed by atoms with Crippen LogP contribution in [-0.2, 0) is 4.79 Å². The molecule has 1 aromatic carbocycles. The van der Waals surface area contributed by atoms with Crippen molar-refractivity contribution in [3.63, 3.8) is 0 Å². The van der Waals surface area contributed by atoms with Gasteiger partial charge in [-0.2, -0.15) is 0 Å². The van der Waals surface area contributed by atoms with Gasteiger partial charge in [0, 0.05) is 13.6 Å². The SMILES string of the molecule is CCCCCCN=C1NC2C(C(=O)NC(=O)N2C)N1CC(O)COc1ccc(OC)cc1. The summed E-state index contributed by atoms with van der Waals surface area (Å²) in [6.45, 7) is 2.93. The van der Waals surface area contributed by atoms with E-state index in [1.165, 1.54) is 4.90 Å². The van der Waals surface area contributed by atoms with E-state index in [0.29, 0.717) is 24.0 Å². The molecule has 10 heteroatoms. The molecule has 0 spiro atoms. The highest BCUT2D eigenvalue weighted by Gasteiger charge is 2.50. The second-order valence-corrected chi connectivity index (χ2v) is 8.00. The normalized spacial score (nSPS) is 22.4. The molecule has 1 aromatic rings. The summed E-state index contributed by atoms with van der Waals surface area (Å²) in [6, 6.07) is 5.94. The molecular formula is C22H33N5O5. The van der Waals surface area contributed by atoms with Crippen LogP contribution in [0.2, 0.25) is 0 Å². The number of carbonyl (C=O) groups is 2. The molecule has 0 aliphatic carbocycles. The molecule has 0 aromatic heterocycles. The van der Waals surface area contributed by atoms with Crippen molar-refractivity contribution >= 4 is 17.9 Å². The predicted octanol–water partition coefficient (Wildman–Crippen LogP) is 1.15. The molecule has 3 N–H and O–H groups in total. The highest BCUT2D eigenvalue weighted by Crippen LogP contribution is 2.22. The minimum Gasteiger partial charge on any atom is -0.497 e. The zero-order chi connectivity index (χ0) is 23.1. The van der Waals surface area contributed by atoms with Gasteiger partial charge in [-0.15, -0.1) is 0 Å². The molecule has 3 amide bonds. The van der Waals surface area contributed by atoms with Crippen LogP contribution < -0.4 is 20.1 Å². The molecule has 2 heterocycles. The molecule has 0 radical (unpaired) electrons. The highest BCUT2D eigenvalue weighted by molar-refractivity contribution is 6.04. The number of β-amino-alcohol motifs (C(OH)–C–C–N with tert-alkyl or cyclic N) is 1. The quantitative estimate of drug-likeness (QED) is 0.436. The number of carbonyl (C=O) groups excluding carboxylic acids is 2. The lowest BCUT2D eigenvalue weighted by Gasteiger charge is -2.35. The van der Waals surface area contributed by atoms with Gasteiger partial charge < -0.3 is 29.7 Å². The average molecular weight is 448 g/mol. The lowest BCUT2D eigenvalue weighted by molar-refractivity contribution is -0.127. The number of nitrogens with zero attached hydrogens (tertiary/aromatic N) is 3. The smallest absolute Gasteiger partial charge is 0.325 e. The van der Waals surface area contributed by atoms with Crippen molar-refractivity contribution in [3.8, 4) is 11.5 Å². The summed E-state index contributed by atoms with van der Waals surface area (Å²) in [5.41, 5.74) is 0. The summed E-state index contributed by atoms with van der Waals surface area (Å²) in [6.07, 6.45) is 2.88. The maximum atomic E-state index is 12.6. The zero-order valence-electron chi connectivity index (χ0n) is 18.9. The number of rotatable bonds is 11. The van der Waals surface area contributed by atoms with Crippen LogP contribution in [0.1, 0.15) is 32.6 Å². The Hall–Kier alpha value is -3.01. The van der Waals surface area contributed by atoms with Crippen molar-refractivity contribution in [1.82, 2.24) is 20.4 Å². The number of guanidine groups is 1. The third kappa shape index (κ3) is 5.61. The van der Waals surface area contributed by atoms with E-state index in [1.54, 1.807) is 43.3 Å². The van der Waals surface area contributed by atoms with E-state index in [-0.39, 0.29) is 13.2 Å². The lowest BCUT2D eigenvalue weighted by Crippen LogP contribution is -2.65. The molecule has 2 fully saturated rings. The topological polar surface area (TPSA) is 116 Å². The summed E-state index contributed by atoms with van der Waals surface area (Å²) in [7, 11) is 3.21. The largest absolute Gasteiger partial charge is 0.497 e. The number of amides is 3. The second kappa shape index (κ2) is 11.0. The fraction of sp³-hybridized carbons (Fsp3) is 0.591. The van der Waals surface area contributed by atoms with Gasteiger partial charge in [-0.25, -0.2) is 4.79 Å². The molecular weight excluding hydrogens is 414 g/mol. The number of aliphatic hydroxyl groups is 1. The summed E-state index contributed by atoms with van der Waals surface area (Å²) in [4.78, 5) is 32.4. The molecule has 0 saturated carbocycles. The Labute approximate surface area is 188 Å². The Morgan fingerprint density at radius 1 is 1.16 bits per heavy atom. The Morgan fingerprint density at radius 2 is 1.88 bits per heavy atom. The average Bonchev–Trinajstić information content (AvgIpc) is 3.15. The van der Waals surface area contributed by atoms with Gasteiger partial charge in [0.15, 0.2) is 12.0 Å². The van der Waals surface area contributed by atoms with Crippen molar-refractivity contribution in [2.45, 2.75) is 50.9 Å². The maximum absolute atomic E-state index is 12.6. The van der Waals surface area contributed by atoms with E-state index in [4.69, 9.17) is 9.47 Å². The number of ether oxygens (including phenoxy) is 2. The van der Waals surface area contributed by atoms with E-state index < -0.39 is 30.2 Å². The number of methoxy groups -OCH3 is 1. The molecule has 176 valence electrons. The van der Waals surface area contributed by atoms with Crippen LogP contribution in [0.3, 0.4) is 0 Å². The number of nitrogens with one attached hydrogen (secondary N) is 2. The number of fused-ring (bicyclic) bond motifs is 1. The van der Waals surface area contributed by atoms with Crippen molar-refractivity contribution in [3.05, 3.63) is 24.3 Å². The fourth-order valence-corrected chi connectivity index (χ4v) is 3.79. The van der Waals surface area contributed by atoms with Crippen LogP contribution in [-0.4, -0.2) is 85.0 Å². The molecule has 3 rings (SSSR count). The van der Waals surface area contributed by atoms with Gasteiger partial charge in [-0.3, -0.25) is 15.1 Å². The molecule has 3 unspecified atom stereocenters. The number of unbranched alkanes of at least 4 members (excludes halogenated alkanes) is 3. The van der Waals surface area contributed by atoms with E-state index in [1.807, 2.05) is 0 Å². The maximum Gasteiger partial charge on any atom is 0.325 e. The van der Waals surface area contributed by atoms with Gasteiger partial charge in [0.05, 0.1) is 13.7 Å². The Morgan fingerprint density at radius 3 is 2.56 bits per heavy atom. The Bertz CT molecular complexity index is 815. The predicted molar refractivity (Wildman–Crippen MR) is 120 cm³/mol. The Balaban J connectivity index is 1.66. The first kappa shape index (κ1) is 23.6. The van der Waals surface area contributed by atoms with Crippen LogP contribution in [0.15, 0.2) is 29.3 Å². The first-order chi connectivity index (χ1) is 15.4. The van der Waals surface area contributed by atoms with Gasteiger partial charge in [-0.1, -0.05) is 26.2 Å². The van der Waals surface area contributed by atoms with Crippen LogP contribution >= 0.6 is 0 Å². The third-order valence-electron chi connectivity index (χ3n) is 5.60. The van der Waals surface area contributed by atoms with Crippen molar-refractivity contribution < 1.29 is 24.2 Å². The lowest BCUT2D eigenvalue weighted by atomic mass is 10.1.